The smallest absolute Gasteiger partial charge is 0.261 e. The maximum atomic E-state index is 13.6. The van der Waals surface area contributed by atoms with E-state index in [1.165, 1.54) is 4.90 Å². The summed E-state index contributed by atoms with van der Waals surface area (Å²) in [4.78, 5) is 28.4. The summed E-state index contributed by atoms with van der Waals surface area (Å²) in [5.41, 5.74) is 2.65. The first-order valence-corrected chi connectivity index (χ1v) is 13.3. The van der Waals surface area contributed by atoms with Gasteiger partial charge in [0, 0.05) is 35.1 Å². The van der Waals surface area contributed by atoms with Crippen molar-refractivity contribution in [2.45, 2.75) is 39.3 Å². The van der Waals surface area contributed by atoms with E-state index in [1.54, 1.807) is 18.2 Å². The molecule has 3 aromatic carbocycles. The van der Waals surface area contributed by atoms with Crippen molar-refractivity contribution in [3.63, 3.8) is 0 Å². The van der Waals surface area contributed by atoms with Crippen LogP contribution in [0.25, 0.3) is 0 Å². The Balaban J connectivity index is 1.94. The van der Waals surface area contributed by atoms with Crippen LogP contribution in [0.5, 0.6) is 5.75 Å². The van der Waals surface area contributed by atoms with Gasteiger partial charge in [-0.05, 0) is 64.7 Å². The number of carbonyl (C=O) groups excluding carboxylic acids is 2. The summed E-state index contributed by atoms with van der Waals surface area (Å²) in [5.74, 6) is -0.0649. The monoisotopic (exact) mass is 590 g/mol. The molecule has 0 aromatic heterocycles. The van der Waals surface area contributed by atoms with E-state index in [2.05, 4.69) is 28.2 Å². The van der Waals surface area contributed by atoms with Crippen LogP contribution in [0.2, 0.25) is 10.0 Å². The molecule has 0 bridgehead atoms. The topological polar surface area (TPSA) is 58.6 Å². The van der Waals surface area contributed by atoms with Crippen LogP contribution in [-0.4, -0.2) is 35.9 Å². The lowest BCUT2D eigenvalue weighted by molar-refractivity contribution is -0.142. The average Bonchev–Trinajstić information content (AvgIpc) is 2.87. The molecule has 0 saturated heterocycles. The van der Waals surface area contributed by atoms with Crippen molar-refractivity contribution in [2.75, 3.05) is 13.2 Å². The molecule has 3 rings (SSSR count). The van der Waals surface area contributed by atoms with Gasteiger partial charge in [-0.1, -0.05) is 72.6 Å². The SMILES string of the molecule is CCNC(=O)[C@@H](Cc1ccccc1)N(Cc1c(Cl)cccc1Cl)C(=O)COc1ccc(CC)cc1Br. The number of amides is 2. The molecule has 8 heteroatoms. The number of aryl methyl sites for hydroxylation is 1. The van der Waals surface area contributed by atoms with E-state index in [0.717, 1.165) is 22.0 Å². The molecule has 0 heterocycles. The van der Waals surface area contributed by atoms with Gasteiger partial charge in [0.15, 0.2) is 6.61 Å². The highest BCUT2D eigenvalue weighted by atomic mass is 79.9. The van der Waals surface area contributed by atoms with Gasteiger partial charge in [0.05, 0.1) is 4.47 Å². The number of hydrogen-bond acceptors (Lipinski definition) is 3. The summed E-state index contributed by atoms with van der Waals surface area (Å²) in [7, 11) is 0. The number of likely N-dealkylation sites (N-methyl/N-ethyl adjacent to an activating group) is 1. The second kappa shape index (κ2) is 13.7. The molecule has 3 aromatic rings. The van der Waals surface area contributed by atoms with E-state index in [4.69, 9.17) is 27.9 Å². The zero-order chi connectivity index (χ0) is 26.1. The Hall–Kier alpha value is -2.54. The highest BCUT2D eigenvalue weighted by molar-refractivity contribution is 9.10. The van der Waals surface area contributed by atoms with Gasteiger partial charge in [-0.25, -0.2) is 0 Å². The van der Waals surface area contributed by atoms with Crippen LogP contribution >= 0.6 is 39.1 Å². The lowest BCUT2D eigenvalue weighted by Gasteiger charge is -2.32. The van der Waals surface area contributed by atoms with Crippen molar-refractivity contribution in [1.29, 1.82) is 0 Å². The lowest BCUT2D eigenvalue weighted by atomic mass is 10.0. The third-order valence-corrected chi connectivity index (χ3v) is 7.10. The zero-order valence-electron chi connectivity index (χ0n) is 20.3. The molecule has 2 amide bonds. The zero-order valence-corrected chi connectivity index (χ0v) is 23.4. The highest BCUT2D eigenvalue weighted by Crippen LogP contribution is 2.29. The highest BCUT2D eigenvalue weighted by Gasteiger charge is 2.31. The van der Waals surface area contributed by atoms with Crippen molar-refractivity contribution in [3.8, 4) is 5.75 Å². The number of nitrogens with zero attached hydrogens (tertiary/aromatic N) is 1. The molecule has 0 saturated carbocycles. The van der Waals surface area contributed by atoms with E-state index in [1.807, 2.05) is 55.5 Å². The van der Waals surface area contributed by atoms with Gasteiger partial charge in [-0.3, -0.25) is 9.59 Å². The average molecular weight is 592 g/mol. The summed E-state index contributed by atoms with van der Waals surface area (Å²) in [6, 6.07) is 19.7. The first kappa shape index (κ1) is 28.0. The minimum atomic E-state index is -0.790. The molecule has 0 aliphatic heterocycles. The van der Waals surface area contributed by atoms with E-state index in [-0.39, 0.29) is 25.0 Å². The molecule has 0 spiro atoms. The van der Waals surface area contributed by atoms with Gasteiger partial charge in [-0.2, -0.15) is 0 Å². The Bertz CT molecular complexity index is 1170. The van der Waals surface area contributed by atoms with Crippen molar-refractivity contribution in [1.82, 2.24) is 10.2 Å². The summed E-state index contributed by atoms with van der Waals surface area (Å²) in [5, 5.41) is 3.71. The van der Waals surface area contributed by atoms with Gasteiger partial charge in [0.2, 0.25) is 5.91 Å². The predicted molar refractivity (Wildman–Crippen MR) is 149 cm³/mol. The number of hydrogen-bond donors (Lipinski definition) is 1. The first-order valence-electron chi connectivity index (χ1n) is 11.8. The van der Waals surface area contributed by atoms with Crippen LogP contribution in [-0.2, 0) is 29.0 Å². The Labute approximate surface area is 230 Å². The molecule has 1 N–H and O–H groups in total. The molecule has 0 unspecified atom stereocenters. The fourth-order valence-electron chi connectivity index (χ4n) is 3.80. The van der Waals surface area contributed by atoms with Gasteiger partial charge in [0.25, 0.3) is 5.91 Å². The molecule has 0 aliphatic carbocycles. The molecule has 0 aliphatic rings. The number of rotatable bonds is 11. The molecular formula is C28H29BrCl2N2O3. The van der Waals surface area contributed by atoms with Crippen LogP contribution < -0.4 is 10.1 Å². The number of halogens is 3. The largest absolute Gasteiger partial charge is 0.483 e. The van der Waals surface area contributed by atoms with Crippen molar-refractivity contribution in [2.24, 2.45) is 0 Å². The van der Waals surface area contributed by atoms with Gasteiger partial charge >= 0.3 is 0 Å². The summed E-state index contributed by atoms with van der Waals surface area (Å²) in [6.45, 7) is 4.15. The molecule has 0 fully saturated rings. The second-order valence-corrected chi connectivity index (χ2v) is 9.90. The molecular weight excluding hydrogens is 563 g/mol. The molecule has 190 valence electrons. The predicted octanol–water partition coefficient (Wildman–Crippen LogP) is 6.47. The summed E-state index contributed by atoms with van der Waals surface area (Å²) < 4.78 is 6.65. The Morgan fingerprint density at radius 2 is 1.67 bits per heavy atom. The lowest BCUT2D eigenvalue weighted by Crippen LogP contribution is -2.51. The fraction of sp³-hybridized carbons (Fsp3) is 0.286. The molecule has 0 radical (unpaired) electrons. The molecule has 36 heavy (non-hydrogen) atoms. The van der Waals surface area contributed by atoms with Crippen LogP contribution in [0, 0.1) is 0 Å². The third kappa shape index (κ3) is 7.48. The minimum Gasteiger partial charge on any atom is -0.483 e. The van der Waals surface area contributed by atoms with Gasteiger partial charge < -0.3 is 15.0 Å². The van der Waals surface area contributed by atoms with E-state index in [9.17, 15) is 9.59 Å². The number of ether oxygens (including phenoxy) is 1. The summed E-state index contributed by atoms with van der Waals surface area (Å²) in [6.07, 6.45) is 1.22. The van der Waals surface area contributed by atoms with Crippen LogP contribution in [0.1, 0.15) is 30.5 Å². The van der Waals surface area contributed by atoms with Crippen molar-refractivity contribution >= 4 is 50.9 Å². The van der Waals surface area contributed by atoms with Crippen molar-refractivity contribution < 1.29 is 14.3 Å². The Morgan fingerprint density at radius 3 is 2.28 bits per heavy atom. The minimum absolute atomic E-state index is 0.0608. The Morgan fingerprint density at radius 1 is 0.972 bits per heavy atom. The van der Waals surface area contributed by atoms with Crippen LogP contribution in [0.3, 0.4) is 0 Å². The first-order chi connectivity index (χ1) is 17.3. The van der Waals surface area contributed by atoms with E-state index >= 15 is 0 Å². The van der Waals surface area contributed by atoms with E-state index < -0.39 is 6.04 Å². The van der Waals surface area contributed by atoms with Gasteiger partial charge in [0.1, 0.15) is 11.8 Å². The second-order valence-electron chi connectivity index (χ2n) is 8.23. The van der Waals surface area contributed by atoms with Gasteiger partial charge in [-0.15, -0.1) is 0 Å². The van der Waals surface area contributed by atoms with Crippen LogP contribution in [0.15, 0.2) is 71.2 Å². The summed E-state index contributed by atoms with van der Waals surface area (Å²) >= 11 is 16.4. The standard InChI is InChI=1S/C28H29BrCl2N2O3/c1-3-19-13-14-26(22(29)15-19)36-18-27(34)33(17-21-23(30)11-8-12-24(21)31)25(28(35)32-4-2)16-20-9-6-5-7-10-20/h5-15,25H,3-4,16-18H2,1-2H3,(H,32,35)/t25-/m1/s1. The number of benzene rings is 3. The maximum absolute atomic E-state index is 13.6. The fourth-order valence-corrected chi connectivity index (χ4v) is 4.86. The Kier molecular flexibility index (Phi) is 10.7. The van der Waals surface area contributed by atoms with Crippen molar-refractivity contribution in [3.05, 3.63) is 97.9 Å². The van der Waals surface area contributed by atoms with E-state index in [0.29, 0.717) is 34.3 Å². The third-order valence-electron chi connectivity index (χ3n) is 5.77. The maximum Gasteiger partial charge on any atom is 0.261 e. The quantitative estimate of drug-likeness (QED) is 0.278. The van der Waals surface area contributed by atoms with Crippen LogP contribution in [0.4, 0.5) is 0 Å². The molecule has 1 atom stereocenters. The normalized spacial score (nSPS) is 11.6. The number of carbonyl (C=O) groups is 2. The molecule has 5 nitrogen and oxygen atoms in total. The number of nitrogens with one attached hydrogen (secondary N) is 1.